The second-order valence-electron chi connectivity index (χ2n) is 5.74. The average Bonchev–Trinajstić information content (AvgIpc) is 2.42. The first-order valence-corrected chi connectivity index (χ1v) is 7.29. The zero-order chi connectivity index (χ0) is 16.2. The molecule has 0 spiro atoms. The Morgan fingerprint density at radius 1 is 1.41 bits per heavy atom. The molecule has 0 unspecified atom stereocenters. The van der Waals surface area contributed by atoms with Gasteiger partial charge in [-0.3, -0.25) is 4.79 Å². The zero-order valence-electron chi connectivity index (χ0n) is 12.7. The van der Waals surface area contributed by atoms with Gasteiger partial charge in [0.15, 0.2) is 0 Å². The highest BCUT2D eigenvalue weighted by Gasteiger charge is 2.42. The first-order chi connectivity index (χ1) is 10.5. The Morgan fingerprint density at radius 3 is 2.64 bits per heavy atom. The molecule has 2 N–H and O–H groups in total. The van der Waals surface area contributed by atoms with E-state index in [1.165, 1.54) is 6.07 Å². The van der Waals surface area contributed by atoms with Crippen molar-refractivity contribution in [2.45, 2.75) is 32.3 Å². The van der Waals surface area contributed by atoms with Crippen LogP contribution in [-0.4, -0.2) is 24.1 Å². The number of carbonyl (C=O) groups excluding carboxylic acids is 1. The van der Waals surface area contributed by atoms with Crippen molar-refractivity contribution in [3.8, 4) is 0 Å². The number of carbonyl (C=O) groups is 2. The quantitative estimate of drug-likeness (QED) is 0.758. The summed E-state index contributed by atoms with van der Waals surface area (Å²) in [6.07, 6.45) is 5.12. The molecule has 0 radical (unpaired) electrons. The highest BCUT2D eigenvalue weighted by molar-refractivity contribution is 5.97. The number of allylic oxidation sites excluding steroid dienone is 1. The van der Waals surface area contributed by atoms with Crippen LogP contribution in [0.2, 0.25) is 0 Å². The number of carboxylic acids is 1. The van der Waals surface area contributed by atoms with E-state index in [-0.39, 0.29) is 16.9 Å². The zero-order valence-corrected chi connectivity index (χ0v) is 12.7. The Morgan fingerprint density at radius 2 is 2.14 bits per heavy atom. The summed E-state index contributed by atoms with van der Waals surface area (Å²) in [6.45, 7) is 4.01. The number of nitrogens with one attached hydrogen (secondary N) is 1. The van der Waals surface area contributed by atoms with Crippen molar-refractivity contribution < 1.29 is 19.4 Å². The molecular weight excluding hydrogens is 282 g/mol. The Labute approximate surface area is 130 Å². The number of ether oxygens (including phenoxy) is 1. The van der Waals surface area contributed by atoms with Crippen LogP contribution in [0, 0.1) is 5.41 Å². The fourth-order valence-electron chi connectivity index (χ4n) is 2.81. The first-order valence-electron chi connectivity index (χ1n) is 7.29. The minimum atomic E-state index is -1.03. The van der Waals surface area contributed by atoms with Gasteiger partial charge in [0.05, 0.1) is 17.6 Å². The molecule has 0 heterocycles. The van der Waals surface area contributed by atoms with Gasteiger partial charge in [0.1, 0.15) is 0 Å². The van der Waals surface area contributed by atoms with Gasteiger partial charge in [-0.2, -0.15) is 0 Å². The van der Waals surface area contributed by atoms with Gasteiger partial charge in [-0.1, -0.05) is 12.5 Å². The summed E-state index contributed by atoms with van der Waals surface area (Å²) in [4.78, 5) is 23.7. The molecular formula is C17H21NO4. The van der Waals surface area contributed by atoms with E-state index in [1.807, 2.05) is 0 Å². The van der Waals surface area contributed by atoms with Crippen LogP contribution in [-0.2, 0) is 16.1 Å². The number of anilines is 1. The van der Waals surface area contributed by atoms with E-state index in [9.17, 15) is 14.7 Å². The van der Waals surface area contributed by atoms with E-state index in [2.05, 4.69) is 11.9 Å². The molecule has 1 aliphatic rings. The second kappa shape index (κ2) is 6.75. The maximum atomic E-state index is 12.5. The van der Waals surface area contributed by atoms with Gasteiger partial charge in [0, 0.05) is 12.8 Å². The predicted octanol–water partition coefficient (Wildman–Crippen LogP) is 3.22. The number of rotatable bonds is 7. The smallest absolute Gasteiger partial charge is 0.335 e. The number of methoxy groups -OCH3 is 1. The van der Waals surface area contributed by atoms with Crippen molar-refractivity contribution in [1.29, 1.82) is 0 Å². The van der Waals surface area contributed by atoms with Gasteiger partial charge in [-0.05, 0) is 43.0 Å². The fourth-order valence-corrected chi connectivity index (χ4v) is 2.81. The minimum Gasteiger partial charge on any atom is -0.478 e. The van der Waals surface area contributed by atoms with Crippen LogP contribution in [0.3, 0.4) is 0 Å². The Hall–Kier alpha value is -2.14. The van der Waals surface area contributed by atoms with E-state index in [0.717, 1.165) is 19.3 Å². The lowest BCUT2D eigenvalue weighted by molar-refractivity contribution is -0.130. The van der Waals surface area contributed by atoms with Crippen molar-refractivity contribution in [2.75, 3.05) is 12.4 Å². The minimum absolute atomic E-state index is 0.0652. The summed E-state index contributed by atoms with van der Waals surface area (Å²) in [5.41, 5.74) is 0.954. The summed E-state index contributed by atoms with van der Waals surface area (Å²) < 4.78 is 5.04. The normalized spacial score (nSPS) is 15.7. The molecule has 1 saturated carbocycles. The summed E-state index contributed by atoms with van der Waals surface area (Å²) >= 11 is 0. The lowest BCUT2D eigenvalue weighted by atomic mass is 9.66. The molecule has 5 nitrogen and oxygen atoms in total. The van der Waals surface area contributed by atoms with E-state index in [0.29, 0.717) is 24.3 Å². The van der Waals surface area contributed by atoms with Crippen molar-refractivity contribution in [3.63, 3.8) is 0 Å². The number of hydrogen-bond acceptors (Lipinski definition) is 3. The number of amides is 1. The van der Waals surface area contributed by atoms with Crippen molar-refractivity contribution in [2.24, 2.45) is 5.41 Å². The van der Waals surface area contributed by atoms with Gasteiger partial charge >= 0.3 is 5.97 Å². The lowest BCUT2D eigenvalue weighted by Crippen LogP contribution is -2.41. The lowest BCUT2D eigenvalue weighted by Gasteiger charge is -2.39. The Kier molecular flexibility index (Phi) is 4.98. The molecule has 5 heteroatoms. The third-order valence-corrected chi connectivity index (χ3v) is 4.14. The molecule has 1 aliphatic carbocycles. The van der Waals surface area contributed by atoms with Crippen LogP contribution < -0.4 is 5.32 Å². The van der Waals surface area contributed by atoms with Crippen LogP contribution in [0.15, 0.2) is 30.9 Å². The fraction of sp³-hybridized carbons (Fsp3) is 0.412. The summed E-state index contributed by atoms with van der Waals surface area (Å²) in [5, 5.41) is 12.0. The number of carboxylic acid groups (broad SMARTS) is 1. The summed E-state index contributed by atoms with van der Waals surface area (Å²) in [7, 11) is 1.54. The van der Waals surface area contributed by atoms with Gasteiger partial charge in [-0.25, -0.2) is 4.79 Å². The Balaban J connectivity index is 2.22. The van der Waals surface area contributed by atoms with Gasteiger partial charge in [-0.15, -0.1) is 6.58 Å². The third-order valence-electron chi connectivity index (χ3n) is 4.14. The van der Waals surface area contributed by atoms with Crippen molar-refractivity contribution in [1.82, 2.24) is 0 Å². The molecule has 0 aromatic heterocycles. The summed E-state index contributed by atoms with van der Waals surface area (Å²) in [5.74, 6) is -1.09. The van der Waals surface area contributed by atoms with Gasteiger partial charge in [0.25, 0.3) is 0 Å². The van der Waals surface area contributed by atoms with Crippen LogP contribution in [0.25, 0.3) is 0 Å². The molecule has 1 fully saturated rings. The van der Waals surface area contributed by atoms with E-state index in [4.69, 9.17) is 4.74 Å². The maximum Gasteiger partial charge on any atom is 0.335 e. The molecule has 0 aliphatic heterocycles. The van der Waals surface area contributed by atoms with Gasteiger partial charge < -0.3 is 15.2 Å². The molecule has 0 bridgehead atoms. The van der Waals surface area contributed by atoms with E-state index < -0.39 is 5.97 Å². The predicted molar refractivity (Wildman–Crippen MR) is 83.8 cm³/mol. The molecule has 0 atom stereocenters. The van der Waals surface area contributed by atoms with Crippen LogP contribution >= 0.6 is 0 Å². The molecule has 2 rings (SSSR count). The number of benzene rings is 1. The van der Waals surface area contributed by atoms with Gasteiger partial charge in [0.2, 0.25) is 5.91 Å². The topological polar surface area (TPSA) is 75.6 Å². The molecule has 1 aromatic rings. The highest BCUT2D eigenvalue weighted by Crippen LogP contribution is 2.45. The monoisotopic (exact) mass is 303 g/mol. The number of aromatic carboxylic acids is 1. The largest absolute Gasteiger partial charge is 0.478 e. The van der Waals surface area contributed by atoms with Crippen molar-refractivity contribution >= 4 is 17.6 Å². The molecule has 118 valence electrons. The molecule has 1 aromatic carbocycles. The van der Waals surface area contributed by atoms with Crippen LogP contribution in [0.1, 0.15) is 41.6 Å². The molecule has 0 saturated heterocycles. The highest BCUT2D eigenvalue weighted by atomic mass is 16.5. The van der Waals surface area contributed by atoms with Crippen LogP contribution in [0.5, 0.6) is 0 Å². The Bertz CT molecular complexity index is 590. The third kappa shape index (κ3) is 3.36. The molecule has 22 heavy (non-hydrogen) atoms. The SMILES string of the molecule is C=CCC1(C(=O)Nc2cc(COC)cc(C(=O)O)c2)CCC1. The first kappa shape index (κ1) is 16.2. The van der Waals surface area contributed by atoms with E-state index in [1.54, 1.807) is 25.3 Å². The van der Waals surface area contributed by atoms with Crippen LogP contribution in [0.4, 0.5) is 5.69 Å². The maximum absolute atomic E-state index is 12.5. The second-order valence-corrected chi connectivity index (χ2v) is 5.74. The number of hydrogen-bond donors (Lipinski definition) is 2. The van der Waals surface area contributed by atoms with E-state index >= 15 is 0 Å². The van der Waals surface area contributed by atoms with Crippen molar-refractivity contribution in [3.05, 3.63) is 42.0 Å². The molecule has 1 amide bonds. The average molecular weight is 303 g/mol. The standard InChI is InChI=1S/C17H21NO4/c1-3-5-17(6-4-7-17)16(21)18-14-9-12(11-22-2)8-13(10-14)15(19)20/h3,8-10H,1,4-7,11H2,2H3,(H,18,21)(H,19,20). The summed E-state index contributed by atoms with van der Waals surface area (Å²) in [6, 6.07) is 4.76.